The van der Waals surface area contributed by atoms with Crippen molar-refractivity contribution < 1.29 is 18.7 Å². The van der Waals surface area contributed by atoms with Crippen molar-refractivity contribution in [1.29, 1.82) is 0 Å². The van der Waals surface area contributed by atoms with Gasteiger partial charge in [-0.1, -0.05) is 0 Å². The zero-order valence-electron chi connectivity index (χ0n) is 8.39. The van der Waals surface area contributed by atoms with Crippen molar-refractivity contribution in [3.63, 3.8) is 0 Å². The first-order valence-electron chi connectivity index (χ1n) is 4.58. The van der Waals surface area contributed by atoms with Gasteiger partial charge in [0.2, 0.25) is 0 Å². The number of carboxylic acids is 1. The molecule has 1 aromatic carbocycles. The van der Waals surface area contributed by atoms with E-state index in [9.17, 15) is 13.6 Å². The molecule has 1 heterocycles. The maximum Gasteiger partial charge on any atom is 0.339 e. The van der Waals surface area contributed by atoms with Gasteiger partial charge in [-0.25, -0.2) is 23.5 Å². The van der Waals surface area contributed by atoms with Gasteiger partial charge < -0.3 is 5.11 Å². The highest BCUT2D eigenvalue weighted by atomic mass is 19.2. The maximum atomic E-state index is 13.0. The first kappa shape index (κ1) is 11.1. The van der Waals surface area contributed by atoms with Crippen LogP contribution >= 0.6 is 0 Å². The fraction of sp³-hybridized carbons (Fsp3) is 0. The van der Waals surface area contributed by atoms with E-state index in [0.717, 1.165) is 24.7 Å². The molecule has 0 amide bonds. The Morgan fingerprint density at radius 3 is 2.65 bits per heavy atom. The number of aromatic nitrogens is 2. The van der Waals surface area contributed by atoms with Gasteiger partial charge in [0.25, 0.3) is 0 Å². The quantitative estimate of drug-likeness (QED) is 0.867. The number of nitrogens with zero attached hydrogens (tertiary/aromatic N) is 2. The molecule has 0 atom stereocenters. The van der Waals surface area contributed by atoms with Crippen LogP contribution in [0, 0.1) is 11.6 Å². The van der Waals surface area contributed by atoms with E-state index in [1.807, 2.05) is 0 Å². The third kappa shape index (κ3) is 2.10. The van der Waals surface area contributed by atoms with Crippen molar-refractivity contribution in [2.24, 2.45) is 0 Å². The van der Waals surface area contributed by atoms with Crippen molar-refractivity contribution in [2.75, 3.05) is 0 Å². The van der Waals surface area contributed by atoms with Crippen molar-refractivity contribution in [3.05, 3.63) is 47.9 Å². The van der Waals surface area contributed by atoms with Crippen LogP contribution < -0.4 is 0 Å². The van der Waals surface area contributed by atoms with E-state index < -0.39 is 17.6 Å². The summed E-state index contributed by atoms with van der Waals surface area (Å²) in [6.45, 7) is 0. The molecular formula is C11H6F2N2O2. The van der Waals surface area contributed by atoms with E-state index in [2.05, 4.69) is 9.97 Å². The summed E-state index contributed by atoms with van der Waals surface area (Å²) in [6.07, 6.45) is 2.25. The highest BCUT2D eigenvalue weighted by Crippen LogP contribution is 2.22. The van der Waals surface area contributed by atoms with Crippen LogP contribution in [-0.2, 0) is 0 Å². The molecule has 0 aliphatic heterocycles. The Bertz CT molecular complexity index is 587. The number of carboxylic acid groups (broad SMARTS) is 1. The molecule has 0 aliphatic rings. The number of hydrogen-bond donors (Lipinski definition) is 1. The lowest BCUT2D eigenvalue weighted by Gasteiger charge is -2.04. The fourth-order valence-corrected chi connectivity index (χ4v) is 1.36. The molecule has 17 heavy (non-hydrogen) atoms. The lowest BCUT2D eigenvalue weighted by atomic mass is 10.1. The van der Waals surface area contributed by atoms with Gasteiger partial charge in [0.15, 0.2) is 11.6 Å². The summed E-state index contributed by atoms with van der Waals surface area (Å²) in [4.78, 5) is 18.2. The van der Waals surface area contributed by atoms with Crippen molar-refractivity contribution in [2.45, 2.75) is 0 Å². The van der Waals surface area contributed by atoms with E-state index in [-0.39, 0.29) is 16.8 Å². The summed E-state index contributed by atoms with van der Waals surface area (Å²) < 4.78 is 25.8. The normalized spacial score (nSPS) is 10.2. The first-order valence-corrected chi connectivity index (χ1v) is 4.58. The van der Waals surface area contributed by atoms with E-state index in [0.29, 0.717) is 0 Å². The van der Waals surface area contributed by atoms with Gasteiger partial charge in [-0.15, -0.1) is 0 Å². The summed E-state index contributed by atoms with van der Waals surface area (Å²) in [5.74, 6) is -3.29. The predicted molar refractivity (Wildman–Crippen MR) is 54.3 cm³/mol. The second kappa shape index (κ2) is 4.25. The van der Waals surface area contributed by atoms with Gasteiger partial charge in [0, 0.05) is 11.8 Å². The van der Waals surface area contributed by atoms with Gasteiger partial charge in [-0.3, -0.25) is 0 Å². The molecule has 0 aliphatic carbocycles. The van der Waals surface area contributed by atoms with E-state index >= 15 is 0 Å². The molecule has 0 bridgehead atoms. The van der Waals surface area contributed by atoms with Crippen LogP contribution in [0.3, 0.4) is 0 Å². The third-order valence-electron chi connectivity index (χ3n) is 2.14. The van der Waals surface area contributed by atoms with E-state index in [1.54, 1.807) is 0 Å². The Hall–Kier alpha value is -2.37. The number of benzene rings is 1. The Morgan fingerprint density at radius 1 is 1.24 bits per heavy atom. The number of halogens is 2. The molecule has 1 aromatic heterocycles. The smallest absolute Gasteiger partial charge is 0.339 e. The molecule has 4 nitrogen and oxygen atoms in total. The lowest BCUT2D eigenvalue weighted by molar-refractivity contribution is 0.0697. The monoisotopic (exact) mass is 236 g/mol. The molecule has 0 unspecified atom stereocenters. The second-order valence-corrected chi connectivity index (χ2v) is 3.22. The largest absolute Gasteiger partial charge is 0.478 e. The minimum Gasteiger partial charge on any atom is -0.478 e. The highest BCUT2D eigenvalue weighted by Gasteiger charge is 2.14. The molecule has 0 radical (unpaired) electrons. The van der Waals surface area contributed by atoms with E-state index in [4.69, 9.17) is 5.11 Å². The Morgan fingerprint density at radius 2 is 2.00 bits per heavy atom. The van der Waals surface area contributed by atoms with Crippen LogP contribution in [0.4, 0.5) is 8.78 Å². The standard InChI is InChI=1S/C11H6F2N2O2/c12-8-2-1-6(3-9(8)13)10-7(11(16)17)4-14-5-15-10/h1-5H,(H,16,17). The van der Waals surface area contributed by atoms with Crippen LogP contribution in [0.25, 0.3) is 11.3 Å². The molecule has 0 fully saturated rings. The number of carbonyl (C=O) groups is 1. The summed E-state index contributed by atoms with van der Waals surface area (Å²) in [6, 6.07) is 3.07. The highest BCUT2D eigenvalue weighted by molar-refractivity contribution is 5.94. The summed E-state index contributed by atoms with van der Waals surface area (Å²) >= 11 is 0. The second-order valence-electron chi connectivity index (χ2n) is 3.22. The van der Waals surface area contributed by atoms with E-state index in [1.165, 1.54) is 6.07 Å². The van der Waals surface area contributed by atoms with Gasteiger partial charge in [-0.05, 0) is 18.2 Å². The lowest BCUT2D eigenvalue weighted by Crippen LogP contribution is -2.02. The molecule has 2 aromatic rings. The Labute approximate surface area is 94.6 Å². The summed E-state index contributed by atoms with van der Waals surface area (Å²) in [5.41, 5.74) is 0.0635. The number of hydrogen-bond acceptors (Lipinski definition) is 3. The number of rotatable bonds is 2. The molecule has 0 saturated heterocycles. The van der Waals surface area contributed by atoms with Gasteiger partial charge in [0.05, 0.1) is 5.69 Å². The third-order valence-corrected chi connectivity index (χ3v) is 2.14. The van der Waals surface area contributed by atoms with Crippen LogP contribution in [0.1, 0.15) is 10.4 Å². The van der Waals surface area contributed by atoms with Gasteiger partial charge >= 0.3 is 5.97 Å². The predicted octanol–water partition coefficient (Wildman–Crippen LogP) is 2.12. The summed E-state index contributed by atoms with van der Waals surface area (Å²) in [7, 11) is 0. The minimum atomic E-state index is -1.23. The number of aromatic carboxylic acids is 1. The molecule has 0 spiro atoms. The molecule has 86 valence electrons. The molecule has 0 saturated carbocycles. The average Bonchev–Trinajstić information content (AvgIpc) is 2.32. The molecular weight excluding hydrogens is 230 g/mol. The molecule has 2 rings (SSSR count). The maximum absolute atomic E-state index is 13.0. The van der Waals surface area contributed by atoms with Crippen LogP contribution in [0.5, 0.6) is 0 Å². The Balaban J connectivity index is 2.60. The minimum absolute atomic E-state index is 0.0476. The zero-order chi connectivity index (χ0) is 12.4. The first-order chi connectivity index (χ1) is 8.09. The van der Waals surface area contributed by atoms with Crippen molar-refractivity contribution in [3.8, 4) is 11.3 Å². The van der Waals surface area contributed by atoms with Crippen molar-refractivity contribution in [1.82, 2.24) is 9.97 Å². The van der Waals surface area contributed by atoms with Crippen molar-refractivity contribution >= 4 is 5.97 Å². The van der Waals surface area contributed by atoms with Crippen LogP contribution in [0.15, 0.2) is 30.7 Å². The fourth-order valence-electron chi connectivity index (χ4n) is 1.36. The summed E-state index contributed by atoms with van der Waals surface area (Å²) in [5, 5.41) is 8.90. The molecule has 6 heteroatoms. The zero-order valence-corrected chi connectivity index (χ0v) is 8.39. The van der Waals surface area contributed by atoms with Crippen LogP contribution in [-0.4, -0.2) is 21.0 Å². The SMILES string of the molecule is O=C(O)c1cncnc1-c1ccc(F)c(F)c1. The van der Waals surface area contributed by atoms with Crippen LogP contribution in [0.2, 0.25) is 0 Å². The topological polar surface area (TPSA) is 63.1 Å². The Kier molecular flexibility index (Phi) is 2.78. The van der Waals surface area contributed by atoms with Gasteiger partial charge in [-0.2, -0.15) is 0 Å². The van der Waals surface area contributed by atoms with Gasteiger partial charge in [0.1, 0.15) is 11.9 Å². The average molecular weight is 236 g/mol. The molecule has 1 N–H and O–H groups in total.